The van der Waals surface area contributed by atoms with Gasteiger partial charge in [-0.05, 0) is 37.5 Å². The maximum atomic E-state index is 13.8. The summed E-state index contributed by atoms with van der Waals surface area (Å²) in [5.41, 5.74) is 1.33. The van der Waals surface area contributed by atoms with E-state index >= 15 is 0 Å². The molecule has 0 unspecified atom stereocenters. The zero-order chi connectivity index (χ0) is 23.6. The Morgan fingerprint density at radius 1 is 1.00 bits per heavy atom. The van der Waals surface area contributed by atoms with Gasteiger partial charge < -0.3 is 10.2 Å². The Balaban J connectivity index is 1.77. The van der Waals surface area contributed by atoms with Crippen LogP contribution in [0.3, 0.4) is 0 Å². The highest BCUT2D eigenvalue weighted by atomic mass is 32.2. The average molecular weight is 470 g/mol. The Bertz CT molecular complexity index is 1110. The number of sulfonamides is 1. The molecule has 1 saturated carbocycles. The van der Waals surface area contributed by atoms with E-state index in [0.29, 0.717) is 11.3 Å². The fourth-order valence-electron chi connectivity index (χ4n) is 5.04. The van der Waals surface area contributed by atoms with Crippen molar-refractivity contribution in [2.45, 2.75) is 57.2 Å². The Labute approximate surface area is 195 Å². The van der Waals surface area contributed by atoms with Crippen LogP contribution < -0.4 is 9.62 Å². The molecule has 2 atom stereocenters. The minimum absolute atomic E-state index is 0.0942. The van der Waals surface area contributed by atoms with Crippen LogP contribution in [-0.2, 0) is 14.8 Å². The second-order valence-corrected chi connectivity index (χ2v) is 10.9. The number of benzene rings is 2. The lowest BCUT2D eigenvalue weighted by atomic mass is 9.94. The second-order valence-electron chi connectivity index (χ2n) is 9.04. The predicted molar refractivity (Wildman–Crippen MR) is 128 cm³/mol. The fourth-order valence-corrected chi connectivity index (χ4v) is 6.28. The number of fused-ring (bicyclic) bond motifs is 1. The summed E-state index contributed by atoms with van der Waals surface area (Å²) in [6.07, 6.45) is 6.35. The quantitative estimate of drug-likeness (QED) is 0.726. The molecule has 0 radical (unpaired) electrons. The monoisotopic (exact) mass is 469 g/mol. The molecule has 1 heterocycles. The van der Waals surface area contributed by atoms with Crippen molar-refractivity contribution in [3.63, 3.8) is 0 Å². The van der Waals surface area contributed by atoms with E-state index in [1.165, 1.54) is 15.6 Å². The van der Waals surface area contributed by atoms with Gasteiger partial charge in [-0.1, -0.05) is 61.7 Å². The van der Waals surface area contributed by atoms with E-state index in [2.05, 4.69) is 5.32 Å². The molecule has 1 N–H and O–H groups in total. The van der Waals surface area contributed by atoms with Crippen molar-refractivity contribution in [3.8, 4) is 0 Å². The molecular weight excluding hydrogens is 438 g/mol. The first kappa shape index (κ1) is 23.3. The topological polar surface area (TPSA) is 86.8 Å². The largest absolute Gasteiger partial charge is 0.351 e. The van der Waals surface area contributed by atoms with E-state index in [0.717, 1.165) is 31.9 Å². The summed E-state index contributed by atoms with van der Waals surface area (Å²) >= 11 is 0. The molecule has 7 nitrogen and oxygen atoms in total. The van der Waals surface area contributed by atoms with Gasteiger partial charge in [0.15, 0.2) is 0 Å². The Hall–Kier alpha value is -2.87. The summed E-state index contributed by atoms with van der Waals surface area (Å²) < 4.78 is 26.7. The number of rotatable bonds is 5. The molecule has 2 aromatic rings. The number of anilines is 1. The summed E-state index contributed by atoms with van der Waals surface area (Å²) in [6.45, 7) is 1.86. The molecule has 0 aromatic heterocycles. The van der Waals surface area contributed by atoms with Crippen molar-refractivity contribution >= 4 is 27.5 Å². The standard InChI is InChI=1S/C25H31N3O4S/c1-18-17-27(25(30)21-15-9-10-16-22(21)28(18)33(2,31)32)23(19-11-5-3-6-12-19)24(29)26-20-13-7-4-8-14-20/h3,5-6,9-12,15-16,18,20,23H,4,7-8,13-14,17H2,1-2H3,(H,26,29)/t18-,23+/m1/s1. The van der Waals surface area contributed by atoms with Crippen molar-refractivity contribution in [1.82, 2.24) is 10.2 Å². The number of nitrogens with zero attached hydrogens (tertiary/aromatic N) is 2. The molecule has 176 valence electrons. The molecule has 1 fully saturated rings. The maximum absolute atomic E-state index is 13.8. The van der Waals surface area contributed by atoms with Crippen LogP contribution in [0, 0.1) is 0 Å². The highest BCUT2D eigenvalue weighted by Crippen LogP contribution is 2.34. The van der Waals surface area contributed by atoms with Crippen LogP contribution in [0.4, 0.5) is 5.69 Å². The molecule has 33 heavy (non-hydrogen) atoms. The fraction of sp³-hybridized carbons (Fsp3) is 0.440. The Morgan fingerprint density at radius 2 is 1.64 bits per heavy atom. The van der Waals surface area contributed by atoms with Crippen LogP contribution in [0.2, 0.25) is 0 Å². The van der Waals surface area contributed by atoms with E-state index in [4.69, 9.17) is 0 Å². The van der Waals surface area contributed by atoms with Crippen LogP contribution in [0.25, 0.3) is 0 Å². The molecule has 0 saturated heterocycles. The SMILES string of the molecule is C[C@@H]1CN([C@H](C(=O)NC2CCCCC2)c2ccccc2)C(=O)c2ccccc2N1S(C)(=O)=O. The van der Waals surface area contributed by atoms with Gasteiger partial charge in [-0.15, -0.1) is 0 Å². The maximum Gasteiger partial charge on any atom is 0.257 e. The molecule has 4 rings (SSSR count). The number of hydrogen-bond acceptors (Lipinski definition) is 4. The summed E-state index contributed by atoms with van der Waals surface area (Å²) in [7, 11) is -3.64. The van der Waals surface area contributed by atoms with Crippen LogP contribution in [0.5, 0.6) is 0 Å². The summed E-state index contributed by atoms with van der Waals surface area (Å²) in [6, 6.07) is 14.7. The van der Waals surface area contributed by atoms with Crippen molar-refractivity contribution in [2.24, 2.45) is 0 Å². The van der Waals surface area contributed by atoms with Gasteiger partial charge in [-0.2, -0.15) is 0 Å². The van der Waals surface area contributed by atoms with Gasteiger partial charge in [-0.3, -0.25) is 13.9 Å². The summed E-state index contributed by atoms with van der Waals surface area (Å²) in [5.74, 6) is -0.574. The Kier molecular flexibility index (Phi) is 6.74. The number of nitrogens with one attached hydrogen (secondary N) is 1. The lowest BCUT2D eigenvalue weighted by Gasteiger charge is -2.34. The third-order valence-electron chi connectivity index (χ3n) is 6.48. The van der Waals surface area contributed by atoms with Gasteiger partial charge >= 0.3 is 0 Å². The number of carbonyl (C=O) groups is 2. The first-order chi connectivity index (χ1) is 15.8. The summed E-state index contributed by atoms with van der Waals surface area (Å²) in [5, 5.41) is 3.17. The van der Waals surface area contributed by atoms with Gasteiger partial charge in [-0.25, -0.2) is 8.42 Å². The number of para-hydroxylation sites is 1. The average Bonchev–Trinajstić information content (AvgIpc) is 2.89. The smallest absolute Gasteiger partial charge is 0.257 e. The van der Waals surface area contributed by atoms with Gasteiger partial charge in [0.05, 0.1) is 23.5 Å². The van der Waals surface area contributed by atoms with E-state index in [1.807, 2.05) is 30.3 Å². The molecule has 1 aliphatic carbocycles. The molecule has 2 aromatic carbocycles. The van der Waals surface area contributed by atoms with Crippen molar-refractivity contribution < 1.29 is 18.0 Å². The highest BCUT2D eigenvalue weighted by molar-refractivity contribution is 7.92. The van der Waals surface area contributed by atoms with Crippen LogP contribution in [0.15, 0.2) is 54.6 Å². The first-order valence-electron chi connectivity index (χ1n) is 11.5. The molecule has 2 amide bonds. The molecule has 8 heteroatoms. The predicted octanol–water partition coefficient (Wildman–Crippen LogP) is 3.49. The van der Waals surface area contributed by atoms with Crippen LogP contribution in [-0.4, -0.2) is 50.0 Å². The second kappa shape index (κ2) is 9.55. The van der Waals surface area contributed by atoms with Crippen molar-refractivity contribution in [2.75, 3.05) is 17.1 Å². The van der Waals surface area contributed by atoms with E-state index in [1.54, 1.807) is 31.2 Å². The first-order valence-corrected chi connectivity index (χ1v) is 13.4. The minimum Gasteiger partial charge on any atom is -0.351 e. The number of carbonyl (C=O) groups excluding carboxylic acids is 2. The minimum atomic E-state index is -3.64. The third-order valence-corrected chi connectivity index (χ3v) is 7.75. The summed E-state index contributed by atoms with van der Waals surface area (Å²) in [4.78, 5) is 28.9. The molecule has 0 bridgehead atoms. The molecule has 0 spiro atoms. The van der Waals surface area contributed by atoms with E-state index in [-0.39, 0.29) is 30.0 Å². The molecule has 1 aliphatic heterocycles. The zero-order valence-corrected chi connectivity index (χ0v) is 19.9. The van der Waals surface area contributed by atoms with E-state index in [9.17, 15) is 18.0 Å². The normalized spacial score (nSPS) is 20.7. The highest BCUT2D eigenvalue weighted by Gasteiger charge is 2.40. The van der Waals surface area contributed by atoms with Gasteiger partial charge in [0.1, 0.15) is 6.04 Å². The van der Waals surface area contributed by atoms with Crippen LogP contribution in [0.1, 0.15) is 61.0 Å². The van der Waals surface area contributed by atoms with Crippen molar-refractivity contribution in [1.29, 1.82) is 0 Å². The lowest BCUT2D eigenvalue weighted by molar-refractivity contribution is -0.126. The van der Waals surface area contributed by atoms with E-state index < -0.39 is 22.1 Å². The number of hydrogen-bond donors (Lipinski definition) is 1. The number of amides is 2. The van der Waals surface area contributed by atoms with Gasteiger partial charge in [0.25, 0.3) is 5.91 Å². The van der Waals surface area contributed by atoms with Crippen molar-refractivity contribution in [3.05, 3.63) is 65.7 Å². The lowest BCUT2D eigenvalue weighted by Crippen LogP contribution is -2.50. The third kappa shape index (κ3) is 4.90. The molecular formula is C25H31N3O4S. The Morgan fingerprint density at radius 3 is 2.30 bits per heavy atom. The van der Waals surface area contributed by atoms with Crippen LogP contribution >= 0.6 is 0 Å². The van der Waals surface area contributed by atoms with Gasteiger partial charge in [0, 0.05) is 12.6 Å². The zero-order valence-electron chi connectivity index (χ0n) is 19.1. The molecule has 2 aliphatic rings. The van der Waals surface area contributed by atoms with Gasteiger partial charge in [0.2, 0.25) is 15.9 Å².